The average Bonchev–Trinajstić information content (AvgIpc) is 2.62. The highest BCUT2D eigenvalue weighted by molar-refractivity contribution is 5.73. The third-order valence-electron chi connectivity index (χ3n) is 3.68. The summed E-state index contributed by atoms with van der Waals surface area (Å²) in [6.07, 6.45) is -0.0425. The fraction of sp³-hybridized carbons (Fsp3) is 0.389. The summed E-state index contributed by atoms with van der Waals surface area (Å²) >= 11 is 0. The van der Waals surface area contributed by atoms with Crippen LogP contribution < -0.4 is 9.64 Å². The van der Waals surface area contributed by atoms with Gasteiger partial charge in [-0.2, -0.15) is 15.2 Å². The van der Waals surface area contributed by atoms with Crippen molar-refractivity contribution in [3.63, 3.8) is 0 Å². The molecule has 0 N–H and O–H groups in total. The molecule has 0 amide bonds. The molecule has 1 saturated heterocycles. The molecule has 6 heteroatoms. The van der Waals surface area contributed by atoms with Crippen LogP contribution in [0.15, 0.2) is 30.3 Å². The molecule has 6 nitrogen and oxygen atoms in total. The van der Waals surface area contributed by atoms with Gasteiger partial charge in [-0.1, -0.05) is 30.3 Å². The van der Waals surface area contributed by atoms with Crippen molar-refractivity contribution in [2.75, 3.05) is 31.2 Å². The van der Waals surface area contributed by atoms with E-state index in [1.807, 2.05) is 44.2 Å². The van der Waals surface area contributed by atoms with Gasteiger partial charge >= 0.3 is 6.01 Å². The minimum absolute atomic E-state index is 0.0425. The van der Waals surface area contributed by atoms with Gasteiger partial charge in [0.25, 0.3) is 0 Å². The molecule has 124 valence electrons. The zero-order chi connectivity index (χ0) is 16.9. The van der Waals surface area contributed by atoms with Crippen molar-refractivity contribution < 1.29 is 9.47 Å². The van der Waals surface area contributed by atoms with Gasteiger partial charge < -0.3 is 14.4 Å². The van der Waals surface area contributed by atoms with Crippen LogP contribution in [0.1, 0.15) is 19.4 Å². The van der Waals surface area contributed by atoms with E-state index in [1.165, 1.54) is 0 Å². The van der Waals surface area contributed by atoms with Gasteiger partial charge in [0, 0.05) is 18.7 Å². The van der Waals surface area contributed by atoms with E-state index in [4.69, 9.17) is 9.47 Å². The summed E-state index contributed by atoms with van der Waals surface area (Å²) < 4.78 is 11.1. The zero-order valence-electron chi connectivity index (χ0n) is 13.9. The summed E-state index contributed by atoms with van der Waals surface area (Å²) in [5.41, 5.74) is 1.95. The van der Waals surface area contributed by atoms with Crippen molar-refractivity contribution in [2.24, 2.45) is 0 Å². The average molecular weight is 324 g/mol. The normalized spacial score (nSPS) is 14.5. The van der Waals surface area contributed by atoms with E-state index in [0.29, 0.717) is 49.4 Å². The molecule has 0 atom stereocenters. The topological polar surface area (TPSA) is 71.3 Å². The van der Waals surface area contributed by atoms with E-state index in [0.717, 1.165) is 5.56 Å². The van der Waals surface area contributed by atoms with Crippen LogP contribution in [0, 0.1) is 11.3 Å². The minimum Gasteiger partial charge on any atom is -0.461 e. The summed E-state index contributed by atoms with van der Waals surface area (Å²) in [5, 5.41) is 9.74. The summed E-state index contributed by atoms with van der Waals surface area (Å²) in [5.74, 6) is 0.616. The highest BCUT2D eigenvalue weighted by Gasteiger charge is 2.23. The van der Waals surface area contributed by atoms with Gasteiger partial charge in [-0.3, -0.25) is 0 Å². The molecule has 1 aromatic heterocycles. The predicted molar refractivity (Wildman–Crippen MR) is 91.0 cm³/mol. The minimum atomic E-state index is -0.0425. The van der Waals surface area contributed by atoms with E-state index >= 15 is 0 Å². The first kappa shape index (κ1) is 16.2. The molecule has 1 fully saturated rings. The van der Waals surface area contributed by atoms with Gasteiger partial charge in [0.15, 0.2) is 5.82 Å². The second-order valence-corrected chi connectivity index (χ2v) is 5.80. The summed E-state index contributed by atoms with van der Waals surface area (Å²) in [6, 6.07) is 12.2. The number of morpholine rings is 1. The maximum Gasteiger partial charge on any atom is 0.319 e. The van der Waals surface area contributed by atoms with Gasteiger partial charge in [0.1, 0.15) is 11.6 Å². The lowest BCUT2D eigenvalue weighted by Gasteiger charge is -2.29. The number of hydrogen-bond donors (Lipinski definition) is 0. The Morgan fingerprint density at radius 1 is 1.17 bits per heavy atom. The largest absolute Gasteiger partial charge is 0.461 e. The van der Waals surface area contributed by atoms with Gasteiger partial charge in [-0.15, -0.1) is 0 Å². The lowest BCUT2D eigenvalue weighted by molar-refractivity contribution is 0.122. The molecule has 2 heterocycles. The predicted octanol–water partition coefficient (Wildman–Crippen LogP) is 2.64. The number of anilines is 1. The van der Waals surface area contributed by atoms with Crippen molar-refractivity contribution in [1.82, 2.24) is 9.97 Å². The Morgan fingerprint density at radius 2 is 1.88 bits per heavy atom. The van der Waals surface area contributed by atoms with Crippen LogP contribution >= 0.6 is 0 Å². The van der Waals surface area contributed by atoms with Gasteiger partial charge in [0.2, 0.25) is 0 Å². The molecular formula is C18H20N4O2. The molecule has 0 spiro atoms. The Bertz CT molecular complexity index is 735. The molecule has 0 aliphatic carbocycles. The molecule has 0 radical (unpaired) electrons. The lowest BCUT2D eigenvalue weighted by Crippen LogP contribution is -2.37. The first-order valence-corrected chi connectivity index (χ1v) is 8.06. The third kappa shape index (κ3) is 3.47. The SMILES string of the molecule is CC(C)Oc1nc(-c2ccccc2)c(C#N)c(N2CCOCC2)n1. The third-order valence-corrected chi connectivity index (χ3v) is 3.68. The molecule has 0 unspecified atom stereocenters. The van der Waals surface area contributed by atoms with Crippen LogP contribution in [-0.4, -0.2) is 42.4 Å². The molecular weight excluding hydrogens is 304 g/mol. The molecule has 1 aromatic carbocycles. The van der Waals surface area contributed by atoms with Crippen LogP contribution in [-0.2, 0) is 4.74 Å². The Hall–Kier alpha value is -2.65. The van der Waals surface area contributed by atoms with Gasteiger partial charge in [-0.25, -0.2) is 0 Å². The van der Waals surface area contributed by atoms with Crippen LogP contribution in [0.4, 0.5) is 5.82 Å². The van der Waals surface area contributed by atoms with Gasteiger partial charge in [-0.05, 0) is 13.8 Å². The maximum absolute atomic E-state index is 9.74. The molecule has 24 heavy (non-hydrogen) atoms. The number of hydrogen-bond acceptors (Lipinski definition) is 6. The van der Waals surface area contributed by atoms with Crippen LogP contribution in [0.2, 0.25) is 0 Å². The van der Waals surface area contributed by atoms with Crippen LogP contribution in [0.5, 0.6) is 6.01 Å². The fourth-order valence-electron chi connectivity index (χ4n) is 2.60. The van der Waals surface area contributed by atoms with Crippen molar-refractivity contribution in [3.05, 3.63) is 35.9 Å². The van der Waals surface area contributed by atoms with E-state index in [1.54, 1.807) is 0 Å². The highest BCUT2D eigenvalue weighted by Crippen LogP contribution is 2.30. The highest BCUT2D eigenvalue weighted by atomic mass is 16.5. The zero-order valence-corrected chi connectivity index (χ0v) is 13.9. The number of nitriles is 1. The maximum atomic E-state index is 9.74. The summed E-state index contributed by atoms with van der Waals surface area (Å²) in [7, 11) is 0. The fourth-order valence-corrected chi connectivity index (χ4v) is 2.60. The van der Waals surface area contributed by atoms with E-state index < -0.39 is 0 Å². The number of nitrogens with zero attached hydrogens (tertiary/aromatic N) is 4. The molecule has 3 rings (SSSR count). The second kappa shape index (κ2) is 7.28. The Balaban J connectivity index is 2.14. The van der Waals surface area contributed by atoms with Crippen LogP contribution in [0.3, 0.4) is 0 Å². The van der Waals surface area contributed by atoms with Crippen LogP contribution in [0.25, 0.3) is 11.3 Å². The molecule has 2 aromatic rings. The Labute approximate surface area is 141 Å². The number of ether oxygens (including phenoxy) is 2. The molecule has 0 bridgehead atoms. The smallest absolute Gasteiger partial charge is 0.319 e. The summed E-state index contributed by atoms with van der Waals surface area (Å²) in [4.78, 5) is 11.1. The van der Waals surface area contributed by atoms with Crippen molar-refractivity contribution in [2.45, 2.75) is 20.0 Å². The van der Waals surface area contributed by atoms with E-state index in [9.17, 15) is 5.26 Å². The first-order valence-electron chi connectivity index (χ1n) is 8.06. The number of aromatic nitrogens is 2. The number of benzene rings is 1. The van der Waals surface area contributed by atoms with Gasteiger partial charge in [0.05, 0.1) is 25.0 Å². The number of rotatable bonds is 4. The van der Waals surface area contributed by atoms with E-state index in [-0.39, 0.29) is 6.10 Å². The first-order chi connectivity index (χ1) is 11.7. The summed E-state index contributed by atoms with van der Waals surface area (Å²) in [6.45, 7) is 6.49. The lowest BCUT2D eigenvalue weighted by atomic mass is 10.1. The Kier molecular flexibility index (Phi) is 4.92. The molecule has 1 aliphatic heterocycles. The second-order valence-electron chi connectivity index (χ2n) is 5.80. The van der Waals surface area contributed by atoms with Crippen molar-refractivity contribution in [3.8, 4) is 23.3 Å². The molecule has 0 saturated carbocycles. The standard InChI is InChI=1S/C18H20N4O2/c1-13(2)24-18-20-16(14-6-4-3-5-7-14)15(12-19)17(21-18)22-8-10-23-11-9-22/h3-7,13H,8-11H2,1-2H3. The van der Waals surface area contributed by atoms with Crippen molar-refractivity contribution >= 4 is 5.82 Å². The van der Waals surface area contributed by atoms with E-state index in [2.05, 4.69) is 20.9 Å². The molecule has 1 aliphatic rings. The Morgan fingerprint density at radius 3 is 2.50 bits per heavy atom. The quantitative estimate of drug-likeness (QED) is 0.861. The van der Waals surface area contributed by atoms with Crippen molar-refractivity contribution in [1.29, 1.82) is 5.26 Å². The monoisotopic (exact) mass is 324 g/mol.